The van der Waals surface area contributed by atoms with Crippen molar-refractivity contribution in [1.29, 1.82) is 0 Å². The highest BCUT2D eigenvalue weighted by molar-refractivity contribution is 5.82. The number of likely N-dealkylation sites (N-methyl/N-ethyl adjacent to an activating group) is 1. The SMILES string of the molecule is CC1CCN(C2CCCC2)C(CN)C(=O)N1C. The Morgan fingerprint density at radius 3 is 2.53 bits per heavy atom. The van der Waals surface area contributed by atoms with Crippen molar-refractivity contribution in [3.8, 4) is 0 Å². The molecule has 4 nitrogen and oxygen atoms in total. The van der Waals surface area contributed by atoms with Crippen LogP contribution >= 0.6 is 0 Å². The van der Waals surface area contributed by atoms with E-state index in [1.54, 1.807) is 0 Å². The second-order valence-corrected chi connectivity index (χ2v) is 5.51. The largest absolute Gasteiger partial charge is 0.342 e. The molecule has 1 saturated heterocycles. The molecule has 1 heterocycles. The van der Waals surface area contributed by atoms with Gasteiger partial charge in [0.2, 0.25) is 5.91 Å². The van der Waals surface area contributed by atoms with Gasteiger partial charge in [-0.15, -0.1) is 0 Å². The molecule has 4 heteroatoms. The van der Waals surface area contributed by atoms with Gasteiger partial charge in [0.1, 0.15) is 6.04 Å². The van der Waals surface area contributed by atoms with E-state index in [9.17, 15) is 4.79 Å². The van der Waals surface area contributed by atoms with Crippen molar-refractivity contribution in [3.63, 3.8) is 0 Å². The van der Waals surface area contributed by atoms with Gasteiger partial charge in [-0.3, -0.25) is 9.69 Å². The number of amides is 1. The van der Waals surface area contributed by atoms with Gasteiger partial charge in [0.15, 0.2) is 0 Å². The summed E-state index contributed by atoms with van der Waals surface area (Å²) in [5.41, 5.74) is 5.84. The number of carbonyl (C=O) groups excluding carboxylic acids is 1. The third-order valence-electron chi connectivity index (χ3n) is 4.52. The maximum absolute atomic E-state index is 12.4. The zero-order valence-corrected chi connectivity index (χ0v) is 11.1. The van der Waals surface area contributed by atoms with Crippen LogP contribution in [0.3, 0.4) is 0 Å². The van der Waals surface area contributed by atoms with Gasteiger partial charge in [0, 0.05) is 32.2 Å². The molecule has 0 aromatic carbocycles. The lowest BCUT2D eigenvalue weighted by Gasteiger charge is -2.33. The van der Waals surface area contributed by atoms with E-state index in [0.29, 0.717) is 18.6 Å². The first kappa shape index (κ1) is 12.8. The lowest BCUT2D eigenvalue weighted by Crippen LogP contribution is -2.52. The third-order valence-corrected chi connectivity index (χ3v) is 4.52. The van der Waals surface area contributed by atoms with Crippen LogP contribution in [0, 0.1) is 0 Å². The summed E-state index contributed by atoms with van der Waals surface area (Å²) in [7, 11) is 1.91. The third kappa shape index (κ3) is 2.47. The van der Waals surface area contributed by atoms with Crippen LogP contribution in [0.4, 0.5) is 0 Å². The summed E-state index contributed by atoms with van der Waals surface area (Å²) in [5.74, 6) is 0.212. The summed E-state index contributed by atoms with van der Waals surface area (Å²) in [6, 6.07) is 0.835. The summed E-state index contributed by atoms with van der Waals surface area (Å²) >= 11 is 0. The van der Waals surface area contributed by atoms with Crippen molar-refractivity contribution in [2.24, 2.45) is 5.73 Å². The minimum atomic E-state index is -0.0898. The molecule has 2 fully saturated rings. The van der Waals surface area contributed by atoms with E-state index < -0.39 is 0 Å². The average Bonchev–Trinajstić information content (AvgIpc) is 2.82. The van der Waals surface area contributed by atoms with Crippen molar-refractivity contribution >= 4 is 5.91 Å². The van der Waals surface area contributed by atoms with Gasteiger partial charge in [0.25, 0.3) is 0 Å². The first-order chi connectivity index (χ1) is 8.15. The Bertz CT molecular complexity index is 276. The second-order valence-electron chi connectivity index (χ2n) is 5.51. The molecule has 1 amide bonds. The van der Waals surface area contributed by atoms with E-state index in [1.807, 2.05) is 11.9 Å². The summed E-state index contributed by atoms with van der Waals surface area (Å²) in [6.07, 6.45) is 6.15. The van der Waals surface area contributed by atoms with Gasteiger partial charge in [-0.25, -0.2) is 0 Å². The Hall–Kier alpha value is -0.610. The number of nitrogens with zero attached hydrogens (tertiary/aromatic N) is 2. The van der Waals surface area contributed by atoms with Gasteiger partial charge in [-0.2, -0.15) is 0 Å². The number of nitrogens with two attached hydrogens (primary N) is 1. The lowest BCUT2D eigenvalue weighted by atomic mass is 10.1. The minimum Gasteiger partial charge on any atom is -0.342 e. The second kappa shape index (κ2) is 5.36. The summed E-state index contributed by atoms with van der Waals surface area (Å²) in [4.78, 5) is 16.6. The van der Waals surface area contributed by atoms with Crippen LogP contribution in [0.15, 0.2) is 0 Å². The van der Waals surface area contributed by atoms with Gasteiger partial charge >= 0.3 is 0 Å². The molecule has 2 atom stereocenters. The molecule has 1 aliphatic carbocycles. The molecule has 1 aliphatic heterocycles. The van der Waals surface area contributed by atoms with Crippen molar-refractivity contribution < 1.29 is 4.79 Å². The van der Waals surface area contributed by atoms with E-state index in [0.717, 1.165) is 13.0 Å². The van der Waals surface area contributed by atoms with Crippen LogP contribution in [-0.4, -0.2) is 54.0 Å². The van der Waals surface area contributed by atoms with Crippen LogP contribution in [0.2, 0.25) is 0 Å². The predicted octanol–water partition coefficient (Wildman–Crippen LogP) is 0.809. The van der Waals surface area contributed by atoms with E-state index in [2.05, 4.69) is 11.8 Å². The molecular formula is C13H25N3O. The molecule has 2 rings (SSSR count). The van der Waals surface area contributed by atoms with Gasteiger partial charge < -0.3 is 10.6 Å². The molecule has 0 spiro atoms. The van der Waals surface area contributed by atoms with Crippen LogP contribution in [0.25, 0.3) is 0 Å². The number of hydrogen-bond donors (Lipinski definition) is 1. The summed E-state index contributed by atoms with van der Waals surface area (Å²) in [5, 5.41) is 0. The van der Waals surface area contributed by atoms with Crippen LogP contribution in [0.5, 0.6) is 0 Å². The van der Waals surface area contributed by atoms with Crippen molar-refractivity contribution in [2.45, 2.75) is 57.2 Å². The van der Waals surface area contributed by atoms with Crippen molar-refractivity contribution in [3.05, 3.63) is 0 Å². The van der Waals surface area contributed by atoms with Crippen molar-refractivity contribution in [2.75, 3.05) is 20.1 Å². The fourth-order valence-corrected chi connectivity index (χ4v) is 3.19. The molecule has 1 saturated carbocycles. The van der Waals surface area contributed by atoms with Gasteiger partial charge in [0.05, 0.1) is 0 Å². The van der Waals surface area contributed by atoms with Crippen LogP contribution < -0.4 is 5.73 Å². The molecule has 17 heavy (non-hydrogen) atoms. The van der Waals surface area contributed by atoms with E-state index in [-0.39, 0.29) is 11.9 Å². The fourth-order valence-electron chi connectivity index (χ4n) is 3.19. The Labute approximate surface area is 104 Å². The van der Waals surface area contributed by atoms with Crippen LogP contribution in [0.1, 0.15) is 39.0 Å². The molecule has 2 N–H and O–H groups in total. The van der Waals surface area contributed by atoms with E-state index >= 15 is 0 Å². The molecule has 2 unspecified atom stereocenters. The summed E-state index contributed by atoms with van der Waals surface area (Å²) < 4.78 is 0. The molecular weight excluding hydrogens is 214 g/mol. The molecule has 0 aromatic rings. The number of carbonyl (C=O) groups is 1. The number of rotatable bonds is 2. The zero-order chi connectivity index (χ0) is 12.4. The molecule has 0 radical (unpaired) electrons. The highest BCUT2D eigenvalue weighted by atomic mass is 16.2. The lowest BCUT2D eigenvalue weighted by molar-refractivity contribution is -0.135. The smallest absolute Gasteiger partial charge is 0.241 e. The Morgan fingerprint density at radius 1 is 1.29 bits per heavy atom. The highest BCUT2D eigenvalue weighted by Gasteiger charge is 2.37. The first-order valence-electron chi connectivity index (χ1n) is 6.87. The zero-order valence-electron chi connectivity index (χ0n) is 11.1. The van der Waals surface area contributed by atoms with Crippen molar-refractivity contribution in [1.82, 2.24) is 9.80 Å². The Morgan fingerprint density at radius 2 is 1.94 bits per heavy atom. The minimum absolute atomic E-state index is 0.0898. The highest BCUT2D eigenvalue weighted by Crippen LogP contribution is 2.27. The van der Waals surface area contributed by atoms with Gasteiger partial charge in [-0.05, 0) is 26.2 Å². The predicted molar refractivity (Wildman–Crippen MR) is 68.7 cm³/mol. The molecule has 98 valence electrons. The molecule has 0 aromatic heterocycles. The summed E-state index contributed by atoms with van der Waals surface area (Å²) in [6.45, 7) is 3.60. The Balaban J connectivity index is 2.15. The van der Waals surface area contributed by atoms with Gasteiger partial charge in [-0.1, -0.05) is 12.8 Å². The van der Waals surface area contributed by atoms with E-state index in [1.165, 1.54) is 25.7 Å². The average molecular weight is 239 g/mol. The topological polar surface area (TPSA) is 49.6 Å². The molecule has 2 aliphatic rings. The van der Waals surface area contributed by atoms with E-state index in [4.69, 9.17) is 5.73 Å². The van der Waals surface area contributed by atoms with Crippen LogP contribution in [-0.2, 0) is 4.79 Å². The number of hydrogen-bond acceptors (Lipinski definition) is 3. The maximum atomic E-state index is 12.4. The Kier molecular flexibility index (Phi) is 4.05. The quantitative estimate of drug-likeness (QED) is 0.776. The first-order valence-corrected chi connectivity index (χ1v) is 6.87. The monoisotopic (exact) mass is 239 g/mol. The normalized spacial score (nSPS) is 33.1. The standard InChI is InChI=1S/C13H25N3O/c1-10-7-8-16(11-5-3-4-6-11)12(9-14)13(17)15(10)2/h10-12H,3-9,14H2,1-2H3. The molecule has 0 bridgehead atoms. The fraction of sp³-hybridized carbons (Fsp3) is 0.923. The maximum Gasteiger partial charge on any atom is 0.241 e.